The van der Waals surface area contributed by atoms with Crippen LogP contribution >= 0.6 is 12.6 Å². The number of methoxy groups -OCH3 is 2. The van der Waals surface area contributed by atoms with Gasteiger partial charge >= 0.3 is 0 Å². The summed E-state index contributed by atoms with van der Waals surface area (Å²) in [7, 11) is 3.24. The molecular weight excluding hydrogens is 174 g/mol. The van der Waals surface area contributed by atoms with Gasteiger partial charge in [-0.3, -0.25) is 0 Å². The van der Waals surface area contributed by atoms with Crippen LogP contribution in [0.4, 0.5) is 0 Å². The van der Waals surface area contributed by atoms with E-state index in [4.69, 9.17) is 14.7 Å². The second-order valence-corrected chi connectivity index (χ2v) is 3.70. The van der Waals surface area contributed by atoms with Gasteiger partial charge in [0.2, 0.25) is 0 Å². The molecule has 0 spiro atoms. The molecule has 0 aromatic carbocycles. The molecule has 4 heteroatoms. The van der Waals surface area contributed by atoms with Crippen LogP contribution in [-0.2, 0) is 9.47 Å². The minimum atomic E-state index is -0.320. The monoisotopic (exact) mass is 189 g/mol. The van der Waals surface area contributed by atoms with Crippen LogP contribution in [0.3, 0.4) is 0 Å². The van der Waals surface area contributed by atoms with Crippen molar-refractivity contribution in [2.45, 2.75) is 17.6 Å². The minimum absolute atomic E-state index is 0.320. The molecule has 0 atom stereocenters. The van der Waals surface area contributed by atoms with Crippen molar-refractivity contribution in [1.29, 1.82) is 5.26 Å². The minimum Gasteiger partial charge on any atom is -0.383 e. The van der Waals surface area contributed by atoms with Gasteiger partial charge in [-0.25, -0.2) is 0 Å². The first-order chi connectivity index (χ1) is 5.68. The molecule has 3 nitrogen and oxygen atoms in total. The molecular formula is C8H15NO2S. The predicted molar refractivity (Wildman–Crippen MR) is 50.3 cm³/mol. The molecule has 0 aromatic rings. The lowest BCUT2D eigenvalue weighted by Gasteiger charge is -2.25. The first kappa shape index (κ1) is 11.8. The molecule has 0 bridgehead atoms. The number of nitrogens with zero attached hydrogens (tertiary/aromatic N) is 1. The molecule has 0 aromatic heterocycles. The summed E-state index contributed by atoms with van der Waals surface area (Å²) >= 11 is 4.41. The fraction of sp³-hybridized carbons (Fsp3) is 0.875. The largest absolute Gasteiger partial charge is 0.383 e. The van der Waals surface area contributed by atoms with Gasteiger partial charge < -0.3 is 9.47 Å². The first-order valence-electron chi connectivity index (χ1n) is 3.76. The zero-order valence-corrected chi connectivity index (χ0v) is 8.43. The highest BCUT2D eigenvalue weighted by atomic mass is 32.1. The van der Waals surface area contributed by atoms with E-state index in [1.54, 1.807) is 14.2 Å². The van der Waals surface area contributed by atoms with Crippen LogP contribution < -0.4 is 0 Å². The van der Waals surface area contributed by atoms with Crippen LogP contribution in [0, 0.1) is 11.3 Å². The summed E-state index contributed by atoms with van der Waals surface area (Å²) in [5, 5.41) is 8.40. The molecule has 0 N–H and O–H groups in total. The van der Waals surface area contributed by atoms with E-state index in [1.807, 2.05) is 0 Å². The van der Waals surface area contributed by atoms with Gasteiger partial charge in [-0.2, -0.15) is 17.9 Å². The number of thiol groups is 1. The van der Waals surface area contributed by atoms with Crippen molar-refractivity contribution >= 4 is 12.6 Å². The van der Waals surface area contributed by atoms with Crippen LogP contribution in [0.25, 0.3) is 0 Å². The van der Waals surface area contributed by atoms with E-state index in [-0.39, 0.29) is 4.75 Å². The van der Waals surface area contributed by atoms with Crippen LogP contribution in [0.1, 0.15) is 12.8 Å². The van der Waals surface area contributed by atoms with Gasteiger partial charge in [0, 0.05) is 20.6 Å². The standard InChI is InChI=1S/C8H15NO2S/c1-10-6-8(12,7-11-2)4-3-5-9/h12H,3-4,6-7H2,1-2H3. The van der Waals surface area contributed by atoms with Crippen molar-refractivity contribution in [3.63, 3.8) is 0 Å². The summed E-state index contributed by atoms with van der Waals surface area (Å²) in [5.74, 6) is 0. The van der Waals surface area contributed by atoms with E-state index in [1.165, 1.54) is 0 Å². The van der Waals surface area contributed by atoms with Gasteiger partial charge in [-0.15, -0.1) is 0 Å². The molecule has 0 saturated heterocycles. The Balaban J connectivity index is 3.90. The summed E-state index contributed by atoms with van der Waals surface area (Å²) < 4.78 is 9.66. The Morgan fingerprint density at radius 3 is 2.17 bits per heavy atom. The summed E-state index contributed by atoms with van der Waals surface area (Å²) in [6, 6.07) is 2.08. The van der Waals surface area contributed by atoms with E-state index in [2.05, 4.69) is 18.7 Å². The van der Waals surface area contributed by atoms with Gasteiger partial charge in [0.05, 0.1) is 24.0 Å². The molecule has 0 aliphatic heterocycles. The van der Waals surface area contributed by atoms with Crippen molar-refractivity contribution in [2.75, 3.05) is 27.4 Å². The van der Waals surface area contributed by atoms with Gasteiger partial charge in [-0.05, 0) is 6.42 Å². The molecule has 0 radical (unpaired) electrons. The lowest BCUT2D eigenvalue weighted by molar-refractivity contribution is 0.100. The Labute approximate surface area is 79.1 Å². The highest BCUT2D eigenvalue weighted by Gasteiger charge is 2.24. The molecule has 70 valence electrons. The normalized spacial score (nSPS) is 11.2. The summed E-state index contributed by atoms with van der Waals surface area (Å²) in [4.78, 5) is 0. The lowest BCUT2D eigenvalue weighted by atomic mass is 10.1. The van der Waals surface area contributed by atoms with Gasteiger partial charge in [0.25, 0.3) is 0 Å². The first-order valence-corrected chi connectivity index (χ1v) is 4.20. The maximum atomic E-state index is 8.40. The van der Waals surface area contributed by atoms with E-state index >= 15 is 0 Å². The number of nitriles is 1. The third-order valence-electron chi connectivity index (χ3n) is 1.53. The topological polar surface area (TPSA) is 42.2 Å². The number of hydrogen-bond donors (Lipinski definition) is 1. The molecule has 0 rings (SSSR count). The zero-order chi connectivity index (χ0) is 9.45. The van der Waals surface area contributed by atoms with Crippen molar-refractivity contribution in [1.82, 2.24) is 0 Å². The zero-order valence-electron chi connectivity index (χ0n) is 7.54. The molecule has 0 fully saturated rings. The van der Waals surface area contributed by atoms with Crippen molar-refractivity contribution in [2.24, 2.45) is 0 Å². The Morgan fingerprint density at radius 1 is 1.33 bits per heavy atom. The number of ether oxygens (including phenoxy) is 2. The van der Waals surface area contributed by atoms with Crippen LogP contribution in [0.15, 0.2) is 0 Å². The average Bonchev–Trinajstić information content (AvgIpc) is 2.02. The molecule has 0 amide bonds. The van der Waals surface area contributed by atoms with Crippen molar-refractivity contribution in [3.8, 4) is 6.07 Å². The maximum absolute atomic E-state index is 8.40. The van der Waals surface area contributed by atoms with Gasteiger partial charge in [0.15, 0.2) is 0 Å². The molecule has 0 heterocycles. The molecule has 12 heavy (non-hydrogen) atoms. The summed E-state index contributed by atoms with van der Waals surface area (Å²) in [6.45, 7) is 1.01. The fourth-order valence-electron chi connectivity index (χ4n) is 1.01. The quantitative estimate of drug-likeness (QED) is 0.639. The summed E-state index contributed by atoms with van der Waals surface area (Å²) in [5.41, 5.74) is 0. The Morgan fingerprint density at radius 2 is 1.83 bits per heavy atom. The van der Waals surface area contributed by atoms with Crippen molar-refractivity contribution in [3.05, 3.63) is 0 Å². The summed E-state index contributed by atoms with van der Waals surface area (Å²) in [6.07, 6.45) is 1.17. The average molecular weight is 189 g/mol. The van der Waals surface area contributed by atoms with Crippen molar-refractivity contribution < 1.29 is 9.47 Å². The van der Waals surface area contributed by atoms with Crippen LogP contribution in [0.2, 0.25) is 0 Å². The molecule has 0 aliphatic rings. The third kappa shape index (κ3) is 4.60. The Kier molecular flexibility index (Phi) is 6.17. The molecule has 0 unspecified atom stereocenters. The van der Waals surface area contributed by atoms with Crippen LogP contribution in [0.5, 0.6) is 0 Å². The third-order valence-corrected chi connectivity index (χ3v) is 2.01. The number of rotatable bonds is 6. The highest BCUT2D eigenvalue weighted by molar-refractivity contribution is 7.81. The van der Waals surface area contributed by atoms with E-state index in [0.717, 1.165) is 0 Å². The van der Waals surface area contributed by atoms with Gasteiger partial charge in [-0.1, -0.05) is 0 Å². The van der Waals surface area contributed by atoms with E-state index < -0.39 is 0 Å². The van der Waals surface area contributed by atoms with E-state index in [0.29, 0.717) is 26.1 Å². The predicted octanol–water partition coefficient (Wildman–Crippen LogP) is 1.25. The maximum Gasteiger partial charge on any atom is 0.0629 e. The SMILES string of the molecule is COCC(S)(CCC#N)COC. The molecule has 0 aliphatic carbocycles. The fourth-order valence-corrected chi connectivity index (χ4v) is 1.38. The van der Waals surface area contributed by atoms with E-state index in [9.17, 15) is 0 Å². The van der Waals surface area contributed by atoms with Crippen LogP contribution in [-0.4, -0.2) is 32.2 Å². The highest BCUT2D eigenvalue weighted by Crippen LogP contribution is 2.21. The van der Waals surface area contributed by atoms with Gasteiger partial charge in [0.1, 0.15) is 0 Å². The smallest absolute Gasteiger partial charge is 0.0629 e. The number of hydrogen-bond acceptors (Lipinski definition) is 4. The second kappa shape index (κ2) is 6.30. The Hall–Kier alpha value is -0.240. The Bertz CT molecular complexity index is 150. The second-order valence-electron chi connectivity index (χ2n) is 2.75. The lowest BCUT2D eigenvalue weighted by Crippen LogP contribution is -2.33. The molecule has 0 saturated carbocycles.